The van der Waals surface area contributed by atoms with E-state index >= 15 is 0 Å². The number of amides is 1. The van der Waals surface area contributed by atoms with Crippen LogP contribution in [-0.4, -0.2) is 35.2 Å². The molecular formula is C13H21NO2S2. The Labute approximate surface area is 117 Å². The third-order valence-corrected chi connectivity index (χ3v) is 5.28. The Kier molecular flexibility index (Phi) is 6.18. The van der Waals surface area contributed by atoms with E-state index in [4.69, 9.17) is 0 Å². The summed E-state index contributed by atoms with van der Waals surface area (Å²) in [5.41, 5.74) is 1.24. The average Bonchev–Trinajstić information content (AvgIpc) is 2.72. The Hall–Kier alpha value is -0.520. The second-order valence-corrected chi connectivity index (χ2v) is 6.60. The van der Waals surface area contributed by atoms with Gasteiger partial charge >= 0.3 is 0 Å². The highest BCUT2D eigenvalue weighted by atomic mass is 32.2. The molecule has 1 heterocycles. The molecule has 1 aromatic rings. The fourth-order valence-electron chi connectivity index (χ4n) is 1.79. The predicted molar refractivity (Wildman–Crippen MR) is 79.8 cm³/mol. The monoisotopic (exact) mass is 287 g/mol. The Morgan fingerprint density at radius 1 is 1.61 bits per heavy atom. The van der Waals surface area contributed by atoms with Gasteiger partial charge in [-0.15, -0.1) is 11.3 Å². The quantitative estimate of drug-likeness (QED) is 0.845. The molecule has 3 nitrogen and oxygen atoms in total. The van der Waals surface area contributed by atoms with Crippen molar-refractivity contribution in [3.05, 3.63) is 21.4 Å². The molecule has 1 aromatic heterocycles. The summed E-state index contributed by atoms with van der Waals surface area (Å²) in [6.07, 6.45) is 2.89. The molecule has 0 aliphatic heterocycles. The lowest BCUT2D eigenvalue weighted by Crippen LogP contribution is -2.40. The van der Waals surface area contributed by atoms with Crippen molar-refractivity contribution in [2.75, 3.05) is 12.9 Å². The van der Waals surface area contributed by atoms with Crippen LogP contribution in [0, 0.1) is 6.92 Å². The first-order valence-corrected chi connectivity index (χ1v) is 8.17. The minimum atomic E-state index is -0.0391. The van der Waals surface area contributed by atoms with Gasteiger partial charge < -0.3 is 10.4 Å². The Bertz CT molecular complexity index is 400. The Balaban J connectivity index is 2.69. The molecule has 2 unspecified atom stereocenters. The fourth-order valence-corrected chi connectivity index (χ4v) is 3.43. The first-order chi connectivity index (χ1) is 8.53. The van der Waals surface area contributed by atoms with Crippen LogP contribution in [0.3, 0.4) is 0 Å². The van der Waals surface area contributed by atoms with Crippen LogP contribution < -0.4 is 5.32 Å². The topological polar surface area (TPSA) is 49.3 Å². The highest BCUT2D eigenvalue weighted by Gasteiger charge is 2.19. The van der Waals surface area contributed by atoms with Crippen LogP contribution in [0.5, 0.6) is 0 Å². The van der Waals surface area contributed by atoms with Crippen LogP contribution in [0.15, 0.2) is 6.07 Å². The summed E-state index contributed by atoms with van der Waals surface area (Å²) in [7, 11) is 0. The molecule has 0 spiro atoms. The SMILES string of the molecule is CCc1cc(C(=O)NC(C)C(CO)SC)sc1C. The number of hydrogen-bond donors (Lipinski definition) is 2. The van der Waals surface area contributed by atoms with E-state index in [-0.39, 0.29) is 23.8 Å². The largest absolute Gasteiger partial charge is 0.395 e. The minimum Gasteiger partial charge on any atom is -0.395 e. The third-order valence-electron chi connectivity index (χ3n) is 3.02. The van der Waals surface area contributed by atoms with Crippen LogP contribution in [-0.2, 0) is 6.42 Å². The molecule has 0 radical (unpaired) electrons. The average molecular weight is 287 g/mol. The number of hydrogen-bond acceptors (Lipinski definition) is 4. The standard InChI is InChI=1S/C13H21NO2S2/c1-5-10-6-11(18-9(10)3)13(16)14-8(2)12(7-15)17-4/h6,8,12,15H,5,7H2,1-4H3,(H,14,16). The zero-order valence-corrected chi connectivity index (χ0v) is 13.0. The van der Waals surface area contributed by atoms with E-state index < -0.39 is 0 Å². The van der Waals surface area contributed by atoms with Gasteiger partial charge in [-0.1, -0.05) is 6.92 Å². The van der Waals surface area contributed by atoms with Crippen molar-refractivity contribution in [1.29, 1.82) is 0 Å². The van der Waals surface area contributed by atoms with Gasteiger partial charge in [0, 0.05) is 16.2 Å². The van der Waals surface area contributed by atoms with E-state index in [1.54, 1.807) is 11.8 Å². The maximum absolute atomic E-state index is 12.1. The minimum absolute atomic E-state index is 0.0371. The van der Waals surface area contributed by atoms with Gasteiger partial charge in [-0.25, -0.2) is 0 Å². The van der Waals surface area contributed by atoms with Gasteiger partial charge in [-0.3, -0.25) is 4.79 Å². The van der Waals surface area contributed by atoms with E-state index in [0.717, 1.165) is 11.3 Å². The highest BCUT2D eigenvalue weighted by molar-refractivity contribution is 7.99. The fraction of sp³-hybridized carbons (Fsp3) is 0.615. The lowest BCUT2D eigenvalue weighted by Gasteiger charge is -2.20. The molecule has 1 amide bonds. The van der Waals surface area contributed by atoms with E-state index in [2.05, 4.69) is 12.2 Å². The van der Waals surface area contributed by atoms with Gasteiger partial charge in [0.25, 0.3) is 5.91 Å². The molecule has 2 N–H and O–H groups in total. The van der Waals surface area contributed by atoms with Gasteiger partial charge in [0.05, 0.1) is 11.5 Å². The van der Waals surface area contributed by atoms with Crippen LogP contribution in [0.1, 0.15) is 34.0 Å². The molecular weight excluding hydrogens is 266 g/mol. The normalized spacial score (nSPS) is 14.3. The van der Waals surface area contributed by atoms with Gasteiger partial charge in [0.2, 0.25) is 0 Å². The van der Waals surface area contributed by atoms with Crippen molar-refractivity contribution < 1.29 is 9.90 Å². The highest BCUT2D eigenvalue weighted by Crippen LogP contribution is 2.22. The summed E-state index contributed by atoms with van der Waals surface area (Å²) in [5, 5.41) is 12.2. The summed E-state index contributed by atoms with van der Waals surface area (Å²) in [4.78, 5) is 14.0. The lowest BCUT2D eigenvalue weighted by atomic mass is 10.2. The Morgan fingerprint density at radius 2 is 2.28 bits per heavy atom. The van der Waals surface area contributed by atoms with Crippen LogP contribution in [0.25, 0.3) is 0 Å². The lowest BCUT2D eigenvalue weighted by molar-refractivity contribution is 0.0940. The number of thiophene rings is 1. The van der Waals surface area contributed by atoms with Crippen molar-refractivity contribution >= 4 is 29.0 Å². The van der Waals surface area contributed by atoms with Crippen LogP contribution in [0.2, 0.25) is 0 Å². The number of thioether (sulfide) groups is 1. The smallest absolute Gasteiger partial charge is 0.261 e. The van der Waals surface area contributed by atoms with Crippen molar-refractivity contribution in [2.45, 2.75) is 38.5 Å². The van der Waals surface area contributed by atoms with Gasteiger partial charge in [-0.2, -0.15) is 11.8 Å². The summed E-state index contributed by atoms with van der Waals surface area (Å²) >= 11 is 3.10. The summed E-state index contributed by atoms with van der Waals surface area (Å²) < 4.78 is 0. The van der Waals surface area contributed by atoms with Gasteiger partial charge in [0.1, 0.15) is 0 Å². The predicted octanol–water partition coefficient (Wildman–Crippen LogP) is 2.46. The summed E-state index contributed by atoms with van der Waals surface area (Å²) in [6.45, 7) is 6.14. The van der Waals surface area contributed by atoms with Crippen molar-refractivity contribution in [1.82, 2.24) is 5.32 Å². The van der Waals surface area contributed by atoms with Gasteiger partial charge in [0.15, 0.2) is 0 Å². The number of carbonyl (C=O) groups is 1. The third kappa shape index (κ3) is 3.73. The molecule has 0 saturated carbocycles. The first-order valence-electron chi connectivity index (χ1n) is 6.07. The van der Waals surface area contributed by atoms with E-state index in [9.17, 15) is 9.90 Å². The molecule has 5 heteroatoms. The van der Waals surface area contributed by atoms with Crippen molar-refractivity contribution in [2.24, 2.45) is 0 Å². The number of rotatable bonds is 6. The molecule has 0 bridgehead atoms. The number of aliphatic hydroxyl groups is 1. The molecule has 0 aromatic carbocycles. The second-order valence-electron chi connectivity index (χ2n) is 4.26. The molecule has 1 rings (SSSR count). The van der Waals surface area contributed by atoms with E-state index in [1.807, 2.05) is 26.2 Å². The van der Waals surface area contributed by atoms with E-state index in [0.29, 0.717) is 0 Å². The summed E-state index contributed by atoms with van der Waals surface area (Å²) in [5.74, 6) is -0.0391. The van der Waals surface area contributed by atoms with E-state index in [1.165, 1.54) is 21.8 Å². The molecule has 102 valence electrons. The molecule has 0 aliphatic rings. The Morgan fingerprint density at radius 3 is 2.72 bits per heavy atom. The zero-order valence-electron chi connectivity index (χ0n) is 11.3. The number of aryl methyl sites for hydroxylation is 2. The second kappa shape index (κ2) is 7.16. The molecule has 0 fully saturated rings. The molecule has 2 atom stereocenters. The van der Waals surface area contributed by atoms with Crippen LogP contribution >= 0.6 is 23.1 Å². The van der Waals surface area contributed by atoms with Gasteiger partial charge in [-0.05, 0) is 38.2 Å². The van der Waals surface area contributed by atoms with Crippen molar-refractivity contribution in [3.8, 4) is 0 Å². The number of nitrogens with one attached hydrogen (secondary N) is 1. The maximum Gasteiger partial charge on any atom is 0.261 e. The summed E-state index contributed by atoms with van der Waals surface area (Å²) in [6, 6.07) is 1.93. The molecule has 18 heavy (non-hydrogen) atoms. The zero-order chi connectivity index (χ0) is 13.7. The van der Waals surface area contributed by atoms with Crippen molar-refractivity contribution in [3.63, 3.8) is 0 Å². The van der Waals surface area contributed by atoms with Crippen LogP contribution in [0.4, 0.5) is 0 Å². The number of aliphatic hydroxyl groups excluding tert-OH is 1. The molecule has 0 aliphatic carbocycles. The molecule has 0 saturated heterocycles. The first kappa shape index (κ1) is 15.5. The maximum atomic E-state index is 12.1. The number of carbonyl (C=O) groups excluding carboxylic acids is 1.